The second-order valence-corrected chi connectivity index (χ2v) is 6.22. The molecule has 0 saturated heterocycles. The zero-order valence-electron chi connectivity index (χ0n) is 11.4. The van der Waals surface area contributed by atoms with Gasteiger partial charge in [0.15, 0.2) is 0 Å². The third-order valence-electron chi connectivity index (χ3n) is 3.50. The van der Waals surface area contributed by atoms with E-state index < -0.39 is 0 Å². The molecule has 0 aliphatic heterocycles. The predicted molar refractivity (Wildman–Crippen MR) is 86.0 cm³/mol. The van der Waals surface area contributed by atoms with Crippen LogP contribution in [-0.2, 0) is 4.74 Å². The van der Waals surface area contributed by atoms with Gasteiger partial charge in [-0.05, 0) is 53.6 Å². The summed E-state index contributed by atoms with van der Waals surface area (Å²) in [4.78, 5) is 11.9. The van der Waals surface area contributed by atoms with Gasteiger partial charge in [-0.1, -0.05) is 19.3 Å². The van der Waals surface area contributed by atoms with Crippen LogP contribution in [-0.4, -0.2) is 30.3 Å². The van der Waals surface area contributed by atoms with Crippen molar-refractivity contribution in [1.29, 1.82) is 0 Å². The first-order valence-corrected chi connectivity index (χ1v) is 8.13. The Morgan fingerprint density at radius 1 is 1.35 bits per heavy atom. The van der Waals surface area contributed by atoms with Crippen LogP contribution in [0.2, 0.25) is 0 Å². The average molecular weight is 389 g/mol. The zero-order valence-corrected chi connectivity index (χ0v) is 13.6. The van der Waals surface area contributed by atoms with Crippen LogP contribution in [0.1, 0.15) is 42.5 Å². The highest BCUT2D eigenvalue weighted by atomic mass is 127. The Labute approximate surface area is 133 Å². The average Bonchev–Trinajstić information content (AvgIpc) is 2.47. The molecule has 20 heavy (non-hydrogen) atoms. The van der Waals surface area contributed by atoms with Crippen LogP contribution in [0.4, 0.5) is 0 Å². The molecular weight excluding hydrogens is 369 g/mol. The second-order valence-electron chi connectivity index (χ2n) is 5.05. The monoisotopic (exact) mass is 389 g/mol. The summed E-state index contributed by atoms with van der Waals surface area (Å²) in [6.45, 7) is 1.05. The fourth-order valence-electron chi connectivity index (χ4n) is 2.38. The van der Waals surface area contributed by atoms with Gasteiger partial charge in [-0.3, -0.25) is 4.79 Å². The van der Waals surface area contributed by atoms with Crippen LogP contribution in [0.15, 0.2) is 18.2 Å². The van der Waals surface area contributed by atoms with Gasteiger partial charge >= 0.3 is 0 Å². The molecule has 1 aliphatic carbocycles. The van der Waals surface area contributed by atoms with E-state index in [-0.39, 0.29) is 11.7 Å². The summed E-state index contributed by atoms with van der Waals surface area (Å²) >= 11 is 2.02. The normalized spacial score (nSPS) is 16.1. The lowest BCUT2D eigenvalue weighted by molar-refractivity contribution is 0.0299. The summed E-state index contributed by atoms with van der Waals surface area (Å²) in [6, 6.07) is 4.92. The van der Waals surface area contributed by atoms with Crippen molar-refractivity contribution in [3.8, 4) is 5.75 Å². The van der Waals surface area contributed by atoms with Crippen LogP contribution >= 0.6 is 22.6 Å². The Bertz CT molecular complexity index is 458. The van der Waals surface area contributed by atoms with E-state index >= 15 is 0 Å². The molecular formula is C15H20INO3. The van der Waals surface area contributed by atoms with Gasteiger partial charge in [0.05, 0.1) is 16.3 Å². The van der Waals surface area contributed by atoms with E-state index in [2.05, 4.69) is 5.32 Å². The Hall–Kier alpha value is -0.820. The molecule has 1 fully saturated rings. The maximum absolute atomic E-state index is 11.9. The number of phenols is 1. The van der Waals surface area contributed by atoms with Crippen LogP contribution in [0, 0.1) is 3.57 Å². The second kappa shape index (κ2) is 7.83. The van der Waals surface area contributed by atoms with Crippen LogP contribution < -0.4 is 5.32 Å². The number of hydrogen-bond acceptors (Lipinski definition) is 3. The molecule has 110 valence electrons. The minimum absolute atomic E-state index is 0.136. The van der Waals surface area contributed by atoms with Gasteiger partial charge in [-0.2, -0.15) is 0 Å². The quantitative estimate of drug-likeness (QED) is 0.601. The molecule has 0 heterocycles. The first kappa shape index (κ1) is 15.6. The zero-order chi connectivity index (χ0) is 14.4. The molecule has 0 radical (unpaired) electrons. The fraction of sp³-hybridized carbons (Fsp3) is 0.533. The number of phenolic OH excluding ortho intramolecular Hbond substituents is 1. The van der Waals surface area contributed by atoms with Crippen molar-refractivity contribution in [1.82, 2.24) is 5.32 Å². The summed E-state index contributed by atoms with van der Waals surface area (Å²) in [5.41, 5.74) is 0.473. The Balaban J connectivity index is 1.70. The minimum atomic E-state index is -0.177. The van der Waals surface area contributed by atoms with Gasteiger partial charge in [0.25, 0.3) is 5.91 Å². The number of nitrogens with one attached hydrogen (secondary N) is 1. The van der Waals surface area contributed by atoms with E-state index in [4.69, 9.17) is 4.74 Å². The number of carbonyl (C=O) groups excluding carboxylic acids is 1. The highest BCUT2D eigenvalue weighted by molar-refractivity contribution is 14.1. The molecule has 2 N–H and O–H groups in total. The lowest BCUT2D eigenvalue weighted by Crippen LogP contribution is -2.29. The van der Waals surface area contributed by atoms with Gasteiger partial charge in [0, 0.05) is 12.1 Å². The number of benzene rings is 1. The maximum atomic E-state index is 11.9. The third kappa shape index (κ3) is 4.63. The largest absolute Gasteiger partial charge is 0.507 e. The van der Waals surface area contributed by atoms with Crippen molar-refractivity contribution in [2.75, 3.05) is 13.2 Å². The van der Waals surface area contributed by atoms with E-state index in [1.54, 1.807) is 12.1 Å². The summed E-state index contributed by atoms with van der Waals surface area (Å²) in [7, 11) is 0. The van der Waals surface area contributed by atoms with Gasteiger partial charge in [-0.15, -0.1) is 0 Å². The summed E-state index contributed by atoms with van der Waals surface area (Å²) in [5.74, 6) is -0.0411. The Morgan fingerprint density at radius 3 is 2.80 bits per heavy atom. The number of amides is 1. The highest BCUT2D eigenvalue weighted by Gasteiger charge is 2.13. The van der Waals surface area contributed by atoms with Gasteiger partial charge < -0.3 is 15.2 Å². The molecule has 4 nitrogen and oxygen atoms in total. The highest BCUT2D eigenvalue weighted by Crippen LogP contribution is 2.21. The number of hydrogen-bond donors (Lipinski definition) is 2. The maximum Gasteiger partial charge on any atom is 0.251 e. The van der Waals surface area contributed by atoms with Gasteiger partial charge in [-0.25, -0.2) is 0 Å². The van der Waals surface area contributed by atoms with Crippen molar-refractivity contribution >= 4 is 28.5 Å². The summed E-state index contributed by atoms with van der Waals surface area (Å²) in [6.07, 6.45) is 6.45. The Kier molecular flexibility index (Phi) is 6.09. The van der Waals surface area contributed by atoms with E-state index in [1.165, 1.54) is 25.3 Å². The SMILES string of the molecule is O=C(NCCOC1CCCCC1)c1ccc(I)c(O)c1. The number of halogens is 1. The van der Waals surface area contributed by atoms with Crippen molar-refractivity contribution in [2.45, 2.75) is 38.2 Å². The third-order valence-corrected chi connectivity index (χ3v) is 4.41. The first-order valence-electron chi connectivity index (χ1n) is 7.05. The molecule has 1 aromatic rings. The standard InChI is InChI=1S/C15H20INO3/c16-13-7-6-11(10-14(13)18)15(19)17-8-9-20-12-4-2-1-3-5-12/h6-7,10,12,18H,1-5,8-9H2,(H,17,19). The molecule has 0 unspecified atom stereocenters. The number of aromatic hydroxyl groups is 1. The lowest BCUT2D eigenvalue weighted by Gasteiger charge is -2.22. The molecule has 1 aliphatic rings. The van der Waals surface area contributed by atoms with Crippen molar-refractivity contribution < 1.29 is 14.6 Å². The van der Waals surface area contributed by atoms with E-state index in [9.17, 15) is 9.90 Å². The molecule has 1 saturated carbocycles. The molecule has 1 aromatic carbocycles. The number of rotatable bonds is 5. The van der Waals surface area contributed by atoms with Crippen molar-refractivity contribution in [3.63, 3.8) is 0 Å². The number of carbonyl (C=O) groups is 1. The van der Waals surface area contributed by atoms with Crippen LogP contribution in [0.3, 0.4) is 0 Å². The first-order chi connectivity index (χ1) is 9.66. The van der Waals surface area contributed by atoms with Crippen LogP contribution in [0.5, 0.6) is 5.75 Å². The van der Waals surface area contributed by atoms with Crippen molar-refractivity contribution in [3.05, 3.63) is 27.3 Å². The van der Waals surface area contributed by atoms with E-state index in [1.807, 2.05) is 22.6 Å². The molecule has 0 aromatic heterocycles. The predicted octanol–water partition coefficient (Wildman–Crippen LogP) is 3.08. The molecule has 2 rings (SSSR count). The topological polar surface area (TPSA) is 58.6 Å². The molecule has 5 heteroatoms. The summed E-state index contributed by atoms with van der Waals surface area (Å²) < 4.78 is 6.48. The van der Waals surface area contributed by atoms with E-state index in [0.717, 1.165) is 16.4 Å². The lowest BCUT2D eigenvalue weighted by atomic mass is 9.98. The molecule has 0 atom stereocenters. The van der Waals surface area contributed by atoms with Gasteiger partial charge in [0.1, 0.15) is 5.75 Å². The molecule has 1 amide bonds. The smallest absolute Gasteiger partial charge is 0.251 e. The van der Waals surface area contributed by atoms with Crippen molar-refractivity contribution in [2.24, 2.45) is 0 Å². The minimum Gasteiger partial charge on any atom is -0.507 e. The van der Waals surface area contributed by atoms with E-state index in [0.29, 0.717) is 24.8 Å². The number of ether oxygens (including phenoxy) is 1. The van der Waals surface area contributed by atoms with Gasteiger partial charge in [0.2, 0.25) is 0 Å². The molecule has 0 spiro atoms. The van der Waals surface area contributed by atoms with Crippen LogP contribution in [0.25, 0.3) is 0 Å². The Morgan fingerprint density at radius 2 is 2.10 bits per heavy atom. The fourth-order valence-corrected chi connectivity index (χ4v) is 2.71. The molecule has 0 bridgehead atoms. The summed E-state index contributed by atoms with van der Waals surface area (Å²) in [5, 5.41) is 12.4.